The van der Waals surface area contributed by atoms with Crippen LogP contribution in [0.1, 0.15) is 29.2 Å². The van der Waals surface area contributed by atoms with E-state index in [2.05, 4.69) is 0 Å². The molecule has 1 aromatic rings. The smallest absolute Gasteiger partial charge is 0.303 e. The number of hydroxylamine groups is 2. The van der Waals surface area contributed by atoms with Crippen molar-refractivity contribution >= 4 is 11.9 Å². The lowest BCUT2D eigenvalue weighted by Crippen LogP contribution is -2.45. The highest BCUT2D eigenvalue weighted by molar-refractivity contribution is 5.78. The van der Waals surface area contributed by atoms with E-state index in [0.717, 1.165) is 21.8 Å². The molecule has 0 saturated carbocycles. The van der Waals surface area contributed by atoms with Crippen LogP contribution in [0.15, 0.2) is 18.2 Å². The van der Waals surface area contributed by atoms with Crippen molar-refractivity contribution < 1.29 is 24.6 Å². The highest BCUT2D eigenvalue weighted by Crippen LogP contribution is 2.39. The van der Waals surface area contributed by atoms with E-state index in [0.29, 0.717) is 12.8 Å². The van der Waals surface area contributed by atoms with Gasteiger partial charge in [0, 0.05) is 12.8 Å². The van der Waals surface area contributed by atoms with Crippen LogP contribution in [-0.2, 0) is 27.2 Å². The predicted molar refractivity (Wildman–Crippen MR) is 67.2 cm³/mol. The van der Waals surface area contributed by atoms with Crippen LogP contribution in [-0.4, -0.2) is 40.0 Å². The molecule has 1 aromatic carbocycles. The fourth-order valence-electron chi connectivity index (χ4n) is 2.88. The fourth-order valence-corrected chi connectivity index (χ4v) is 2.88. The zero-order valence-corrected chi connectivity index (χ0v) is 10.8. The van der Waals surface area contributed by atoms with Gasteiger partial charge in [-0.15, -0.1) is 0 Å². The van der Waals surface area contributed by atoms with E-state index in [1.54, 1.807) is 0 Å². The molecule has 1 fully saturated rings. The van der Waals surface area contributed by atoms with Crippen LogP contribution in [0, 0.1) is 0 Å². The van der Waals surface area contributed by atoms with E-state index < -0.39 is 17.9 Å². The maximum Gasteiger partial charge on any atom is 0.303 e. The molecule has 1 aliphatic carbocycles. The SMILES string of the molecule is O=C(O)CCc1ccc2c(c1)[C@@H]1[C@H](C2)OCC(=O)N1O. The Morgan fingerprint density at radius 3 is 3.00 bits per heavy atom. The van der Waals surface area contributed by atoms with Crippen LogP contribution >= 0.6 is 0 Å². The summed E-state index contributed by atoms with van der Waals surface area (Å²) in [4.78, 5) is 22.1. The first kappa shape index (κ1) is 13.1. The Balaban J connectivity index is 1.88. The van der Waals surface area contributed by atoms with Gasteiger partial charge in [-0.2, -0.15) is 0 Å². The van der Waals surface area contributed by atoms with Crippen LogP contribution in [0.4, 0.5) is 0 Å². The molecule has 0 aromatic heterocycles. The zero-order chi connectivity index (χ0) is 14.3. The number of hydrogen-bond donors (Lipinski definition) is 2. The molecule has 6 nitrogen and oxygen atoms in total. The molecular formula is C14H15NO5. The molecule has 1 aliphatic heterocycles. The predicted octanol–water partition coefficient (Wildman–Crippen LogP) is 0.918. The topological polar surface area (TPSA) is 87.1 Å². The van der Waals surface area contributed by atoms with Crippen LogP contribution in [0.2, 0.25) is 0 Å². The first-order valence-electron chi connectivity index (χ1n) is 6.52. The number of carboxylic acid groups (broad SMARTS) is 1. The monoisotopic (exact) mass is 277 g/mol. The molecular weight excluding hydrogens is 262 g/mol. The molecule has 2 aliphatic rings. The number of ether oxygens (including phenoxy) is 1. The molecule has 1 amide bonds. The van der Waals surface area contributed by atoms with Gasteiger partial charge in [0.1, 0.15) is 12.6 Å². The average Bonchev–Trinajstić information content (AvgIpc) is 2.79. The van der Waals surface area contributed by atoms with Crippen molar-refractivity contribution in [3.63, 3.8) is 0 Å². The minimum Gasteiger partial charge on any atom is -0.481 e. The van der Waals surface area contributed by atoms with E-state index >= 15 is 0 Å². The Hall–Kier alpha value is -1.92. The first-order valence-corrected chi connectivity index (χ1v) is 6.52. The lowest BCUT2D eigenvalue weighted by molar-refractivity contribution is -0.212. The van der Waals surface area contributed by atoms with E-state index in [1.165, 1.54) is 0 Å². The fraction of sp³-hybridized carbons (Fsp3) is 0.429. The molecule has 0 unspecified atom stereocenters. The quantitative estimate of drug-likeness (QED) is 0.802. The Morgan fingerprint density at radius 1 is 1.45 bits per heavy atom. The second-order valence-electron chi connectivity index (χ2n) is 5.16. The number of carboxylic acids is 1. The second-order valence-corrected chi connectivity index (χ2v) is 5.16. The van der Waals surface area contributed by atoms with E-state index in [-0.39, 0.29) is 19.1 Å². The number of fused-ring (bicyclic) bond motifs is 3. The van der Waals surface area contributed by atoms with Crippen molar-refractivity contribution in [2.24, 2.45) is 0 Å². The van der Waals surface area contributed by atoms with Crippen LogP contribution in [0.5, 0.6) is 0 Å². The molecule has 6 heteroatoms. The third-order valence-electron chi connectivity index (χ3n) is 3.87. The first-order chi connectivity index (χ1) is 9.56. The number of nitrogens with zero attached hydrogens (tertiary/aromatic N) is 1. The number of aliphatic carboxylic acids is 1. The number of benzene rings is 1. The van der Waals surface area contributed by atoms with Gasteiger partial charge in [0.05, 0.1) is 6.10 Å². The molecule has 0 spiro atoms. The van der Waals surface area contributed by atoms with Gasteiger partial charge in [0.2, 0.25) is 0 Å². The summed E-state index contributed by atoms with van der Waals surface area (Å²) in [5, 5.41) is 19.4. The minimum atomic E-state index is -0.844. The van der Waals surface area contributed by atoms with E-state index in [4.69, 9.17) is 9.84 Å². The van der Waals surface area contributed by atoms with Crippen molar-refractivity contribution in [3.8, 4) is 0 Å². The minimum absolute atomic E-state index is 0.0607. The number of rotatable bonds is 3. The van der Waals surface area contributed by atoms with Gasteiger partial charge < -0.3 is 9.84 Å². The van der Waals surface area contributed by atoms with Crippen molar-refractivity contribution in [1.82, 2.24) is 5.06 Å². The summed E-state index contributed by atoms with van der Waals surface area (Å²) in [6.45, 7) is -0.0997. The number of amides is 1. The standard InChI is InChI=1S/C14H15NO5/c16-12-7-20-11-6-9-3-1-8(2-4-13(17)18)5-10(9)14(11)15(12)19/h1,3,5,11,14,19H,2,4,6-7H2,(H,17,18)/t11-,14+/m0/s1. The van der Waals surface area contributed by atoms with Gasteiger partial charge in [0.15, 0.2) is 0 Å². The molecule has 1 saturated heterocycles. The third kappa shape index (κ3) is 2.17. The summed E-state index contributed by atoms with van der Waals surface area (Å²) in [7, 11) is 0. The Labute approximate surface area is 115 Å². The zero-order valence-electron chi connectivity index (χ0n) is 10.8. The highest BCUT2D eigenvalue weighted by Gasteiger charge is 2.43. The van der Waals surface area contributed by atoms with Gasteiger partial charge in [-0.25, -0.2) is 5.06 Å². The third-order valence-corrected chi connectivity index (χ3v) is 3.87. The summed E-state index contributed by atoms with van der Waals surface area (Å²) in [5.74, 6) is -1.29. The number of carbonyl (C=O) groups excluding carboxylic acids is 1. The van der Waals surface area contributed by atoms with Gasteiger partial charge in [0.25, 0.3) is 5.91 Å². The molecule has 2 atom stereocenters. The highest BCUT2D eigenvalue weighted by atomic mass is 16.6. The lowest BCUT2D eigenvalue weighted by Gasteiger charge is -2.33. The molecule has 0 radical (unpaired) electrons. The largest absolute Gasteiger partial charge is 0.481 e. The maximum absolute atomic E-state index is 11.5. The lowest BCUT2D eigenvalue weighted by atomic mass is 10.0. The Bertz CT molecular complexity index is 571. The molecule has 0 bridgehead atoms. The number of hydrogen-bond acceptors (Lipinski definition) is 4. The molecule has 1 heterocycles. The van der Waals surface area contributed by atoms with Crippen LogP contribution in [0.3, 0.4) is 0 Å². The van der Waals surface area contributed by atoms with Crippen molar-refractivity contribution in [1.29, 1.82) is 0 Å². The number of aryl methyl sites for hydroxylation is 1. The van der Waals surface area contributed by atoms with Crippen molar-refractivity contribution in [2.45, 2.75) is 31.4 Å². The Kier molecular flexibility index (Phi) is 3.19. The summed E-state index contributed by atoms with van der Waals surface area (Å²) in [5.41, 5.74) is 2.78. The maximum atomic E-state index is 11.5. The number of morpholine rings is 1. The van der Waals surface area contributed by atoms with E-state index in [1.807, 2.05) is 18.2 Å². The van der Waals surface area contributed by atoms with Crippen LogP contribution < -0.4 is 0 Å². The molecule has 2 N–H and O–H groups in total. The van der Waals surface area contributed by atoms with Crippen molar-refractivity contribution in [2.75, 3.05) is 6.61 Å². The second kappa shape index (κ2) is 4.88. The molecule has 20 heavy (non-hydrogen) atoms. The van der Waals surface area contributed by atoms with Gasteiger partial charge in [-0.3, -0.25) is 14.8 Å². The van der Waals surface area contributed by atoms with E-state index in [9.17, 15) is 14.8 Å². The Morgan fingerprint density at radius 2 is 2.25 bits per heavy atom. The van der Waals surface area contributed by atoms with Gasteiger partial charge >= 0.3 is 5.97 Å². The summed E-state index contributed by atoms with van der Waals surface area (Å²) >= 11 is 0. The van der Waals surface area contributed by atoms with Gasteiger partial charge in [-0.1, -0.05) is 18.2 Å². The van der Waals surface area contributed by atoms with Gasteiger partial charge in [-0.05, 0) is 23.1 Å². The number of carbonyl (C=O) groups is 2. The molecule has 3 rings (SSSR count). The van der Waals surface area contributed by atoms with Crippen LogP contribution in [0.25, 0.3) is 0 Å². The average molecular weight is 277 g/mol. The summed E-state index contributed by atoms with van der Waals surface area (Å²) in [6, 6.07) is 5.21. The molecule has 106 valence electrons. The van der Waals surface area contributed by atoms with Crippen molar-refractivity contribution in [3.05, 3.63) is 34.9 Å². The summed E-state index contributed by atoms with van der Waals surface area (Å²) in [6.07, 6.45) is 0.928. The summed E-state index contributed by atoms with van der Waals surface area (Å²) < 4.78 is 5.46. The normalized spacial score (nSPS) is 24.4.